The molecule has 0 aliphatic carbocycles. The molecule has 3 unspecified atom stereocenters. The number of unbranched alkanes of at least 4 members (excludes halogenated alkanes) is 1. The Morgan fingerprint density at radius 1 is 0.634 bits per heavy atom. The molecule has 2 aliphatic heterocycles. The molecule has 2 aliphatic rings. The third-order valence-corrected chi connectivity index (χ3v) is 14.5. The number of aliphatic imine (C=N–C) groups is 1. The first kappa shape index (κ1) is 65.3. The molecule has 398 valence electrons. The zero-order valence-electron chi connectivity index (χ0n) is 39.5. The molecule has 7 atom stereocenters. The maximum absolute atomic E-state index is 13.6. The summed E-state index contributed by atoms with van der Waals surface area (Å²) in [6.07, 6.45) is -2.60. The average molecular weight is 1120 g/mol. The van der Waals surface area contributed by atoms with Crippen LogP contribution in [0.15, 0.2) is 35.3 Å². The number of aliphatic carboxylic acids is 1. The minimum atomic E-state index is -3.77. The second-order valence-corrected chi connectivity index (χ2v) is 23.6. The molecule has 0 aromatic heterocycles. The van der Waals surface area contributed by atoms with Gasteiger partial charge in [0.2, 0.25) is 51.6 Å². The molecule has 0 radical (unpaired) electrons. The van der Waals surface area contributed by atoms with Gasteiger partial charge in [-0.05, 0) is 44.2 Å². The first-order valence-corrected chi connectivity index (χ1v) is 28.4. The summed E-state index contributed by atoms with van der Waals surface area (Å²) in [5.41, 5.74) is 17.0. The van der Waals surface area contributed by atoms with Gasteiger partial charge in [0, 0.05) is 52.2 Å². The van der Waals surface area contributed by atoms with E-state index >= 15 is 0 Å². The quantitative estimate of drug-likeness (QED) is 0.0180. The van der Waals surface area contributed by atoms with E-state index in [1.54, 1.807) is 45.0 Å². The number of nitrogens with one attached hydrogen (secondary N) is 5. The molecule has 32 heteroatoms. The Bertz CT molecular complexity index is 1950. The summed E-state index contributed by atoms with van der Waals surface area (Å²) < 4.78 is 35.5. The number of carboxylic acid groups (broad SMARTS) is 1. The minimum Gasteiger partial charge on any atom is -0.481 e. The maximum atomic E-state index is 13.6. The van der Waals surface area contributed by atoms with Crippen molar-refractivity contribution in [1.29, 1.82) is 0 Å². The maximum Gasteiger partial charge on any atom is 3.00 e. The van der Waals surface area contributed by atoms with Crippen molar-refractivity contribution in [1.82, 2.24) is 41.3 Å². The van der Waals surface area contributed by atoms with Gasteiger partial charge in [-0.3, -0.25) is 62.2 Å². The molecular formula is C39H71GaN12O16P3+3. The Morgan fingerprint density at radius 2 is 1.06 bits per heavy atom. The van der Waals surface area contributed by atoms with Crippen molar-refractivity contribution in [3.63, 3.8) is 0 Å². The number of hydrogen-bond donors (Lipinski definition) is 15. The largest absolute Gasteiger partial charge is 3.00 e. The second-order valence-electron chi connectivity index (χ2n) is 16.8. The molecule has 1 aromatic carbocycles. The van der Waals surface area contributed by atoms with Gasteiger partial charge in [0.05, 0.1) is 31.8 Å². The summed E-state index contributed by atoms with van der Waals surface area (Å²) in [5, 5.41) is 48.9. The number of hydrogen-bond acceptors (Lipinski definition) is 17. The standard InChI is InChI=1S/C27H41N9O7.C12H30N3O9P3.Ga/c28-11-5-4-9-18-24(41)34-17(10-6-12-31-27(29)30)23(40)32-15-21(37)33-20(14-22(38)39)26(43)36-19(25(42)35-18)13-16-7-2-1-3-8-16;16-10-25(19,20)7-13-1-2-14(8-26(21,22)11-17)5-6-15(4-3-13)9-27(23,24)12-18;/h1-3,7-8,17-20H,4-6,9-15,28H2,(H,32,40)(H,33,37)(H,34,41)(H,35,42)(H,36,43)(H,38,39)(H4,29,30,31);16-18H,1-12H2,(H,19,20)(H,21,22)(H,23,24);/q;;+3/t17-,18-,19-,20-;;/m0../s1/i;;1-2. The minimum absolute atomic E-state index is 0. The molecular weight excluding hydrogens is 1050 g/mol. The van der Waals surface area contributed by atoms with E-state index in [4.69, 9.17) is 32.5 Å². The fourth-order valence-corrected chi connectivity index (χ4v) is 10.0. The number of guanidine groups is 1. The van der Waals surface area contributed by atoms with E-state index in [1.165, 1.54) is 0 Å². The van der Waals surface area contributed by atoms with E-state index in [2.05, 4.69) is 31.6 Å². The molecule has 2 fully saturated rings. The predicted octanol–water partition coefficient (Wildman–Crippen LogP) is -4.99. The van der Waals surface area contributed by atoms with Crippen LogP contribution in [0.4, 0.5) is 0 Å². The number of nitrogens with two attached hydrogens (primary N) is 3. The van der Waals surface area contributed by atoms with Gasteiger partial charge in [-0.1, -0.05) is 30.3 Å². The number of amides is 5. The van der Waals surface area contributed by atoms with Crippen LogP contribution in [-0.2, 0) is 48.9 Å². The van der Waals surface area contributed by atoms with Crippen molar-refractivity contribution in [3.8, 4) is 0 Å². The van der Waals surface area contributed by atoms with Crippen LogP contribution in [0.25, 0.3) is 0 Å². The zero-order chi connectivity index (χ0) is 52.5. The van der Waals surface area contributed by atoms with Gasteiger partial charge in [0.1, 0.15) is 43.2 Å². The Balaban J connectivity index is 0.000000776. The van der Waals surface area contributed by atoms with Crippen LogP contribution in [0.1, 0.15) is 44.1 Å². The molecule has 0 saturated carbocycles. The first-order chi connectivity index (χ1) is 32.9. The fraction of sp³-hybridized carbons (Fsp3) is 0.667. The van der Waals surface area contributed by atoms with Crippen molar-refractivity contribution in [2.24, 2.45) is 22.2 Å². The molecule has 28 nitrogen and oxygen atoms in total. The number of carboxylic acids is 1. The van der Waals surface area contributed by atoms with Crippen molar-refractivity contribution in [2.75, 3.05) is 96.8 Å². The number of carbonyl (C=O) groups excluding carboxylic acids is 5. The average Bonchev–Trinajstić information content (AvgIpc) is 3.38. The first-order valence-electron chi connectivity index (χ1n) is 22.3. The molecule has 3 rings (SSSR count). The van der Waals surface area contributed by atoms with Gasteiger partial charge in [-0.2, -0.15) is 0 Å². The van der Waals surface area contributed by atoms with Gasteiger partial charge < -0.3 is 78.9 Å². The van der Waals surface area contributed by atoms with Gasteiger partial charge in [-0.25, -0.2) is 0 Å². The van der Waals surface area contributed by atoms with Crippen molar-refractivity contribution in [2.45, 2.75) is 69.1 Å². The van der Waals surface area contributed by atoms with Crippen LogP contribution in [0.3, 0.4) is 0 Å². The molecule has 71 heavy (non-hydrogen) atoms. The molecule has 0 bridgehead atoms. The van der Waals surface area contributed by atoms with Crippen molar-refractivity contribution < 1.29 is 77.6 Å². The summed E-state index contributed by atoms with van der Waals surface area (Å²) in [4.78, 5) is 115. The second kappa shape index (κ2) is 33.1. The number of carbonyl (C=O) groups is 6. The number of rotatable bonds is 21. The summed E-state index contributed by atoms with van der Waals surface area (Å²) in [6.45, 7) is 1.60. The van der Waals surface area contributed by atoms with E-state index in [-0.39, 0.29) is 110 Å². The van der Waals surface area contributed by atoms with Crippen LogP contribution in [0, 0.1) is 0 Å². The summed E-state index contributed by atoms with van der Waals surface area (Å²) in [5.74, 6) is -5.36. The number of benzene rings is 1. The molecule has 0 spiro atoms. The Hall–Kier alpha value is -3.76. The van der Waals surface area contributed by atoms with Crippen LogP contribution < -0.4 is 43.8 Å². The van der Waals surface area contributed by atoms with Gasteiger partial charge in [-0.15, -0.1) is 0 Å². The van der Waals surface area contributed by atoms with Crippen LogP contribution in [0.5, 0.6) is 0 Å². The summed E-state index contributed by atoms with van der Waals surface area (Å²) in [6, 6.07) is 3.75. The Labute approximate surface area is 424 Å². The smallest absolute Gasteiger partial charge is 0.481 e. The number of aliphatic hydroxyl groups is 3. The molecule has 2 saturated heterocycles. The molecule has 18 N–H and O–H groups in total. The SMILES string of the molecule is NCCCC[C@@H]1NC(=O)[C@H](Cc2ccccc2)NC(=O)[C@H](CC(=O)O)NC(=O)CNC(=O)[C@H](CCCN=C(N)N)NC1=O.O=P(O)(CO)CN1CCN(CP(=O)(O)CO)CCN(CP(=O)(O)CO)CC1.[68Ga+3]. The van der Waals surface area contributed by atoms with Crippen LogP contribution in [-0.4, -0.2) is 232 Å². The monoisotopic (exact) mass is 1120 g/mol. The van der Waals surface area contributed by atoms with Crippen molar-refractivity contribution in [3.05, 3.63) is 35.9 Å². The van der Waals surface area contributed by atoms with Crippen LogP contribution in [0.2, 0.25) is 0 Å². The molecule has 2 heterocycles. The van der Waals surface area contributed by atoms with Crippen molar-refractivity contribution >= 4 is 83.4 Å². The number of nitrogens with zero attached hydrogens (tertiary/aromatic N) is 4. The van der Waals surface area contributed by atoms with E-state index in [0.29, 0.717) is 31.4 Å². The van der Waals surface area contributed by atoms with Gasteiger partial charge in [0.25, 0.3) is 0 Å². The van der Waals surface area contributed by atoms with E-state index in [0.717, 1.165) is 0 Å². The molecule has 1 aromatic rings. The molecule has 5 amide bonds. The van der Waals surface area contributed by atoms with Gasteiger partial charge >= 0.3 is 25.8 Å². The normalized spacial score (nSPS) is 23.1. The predicted molar refractivity (Wildman–Crippen MR) is 262 cm³/mol. The Morgan fingerprint density at radius 3 is 1.49 bits per heavy atom. The summed E-state index contributed by atoms with van der Waals surface area (Å²) >= 11 is 0. The fourth-order valence-electron chi connectivity index (χ4n) is 7.01. The topological polar surface area (TPSA) is 456 Å². The summed E-state index contributed by atoms with van der Waals surface area (Å²) in [7, 11) is -11.3. The Kier molecular flexibility index (Phi) is 30.5. The van der Waals surface area contributed by atoms with E-state index < -0.39 is 114 Å². The third kappa shape index (κ3) is 27.2. The van der Waals surface area contributed by atoms with E-state index in [9.17, 15) is 62.2 Å². The zero-order valence-corrected chi connectivity index (χ0v) is 44.6. The van der Waals surface area contributed by atoms with E-state index in [1.807, 2.05) is 0 Å². The van der Waals surface area contributed by atoms with Gasteiger partial charge in [0.15, 0.2) is 5.96 Å². The van der Waals surface area contributed by atoms with Crippen LogP contribution >= 0.6 is 22.1 Å². The number of aliphatic hydroxyl groups excluding tert-OH is 3. The third-order valence-electron chi connectivity index (χ3n) is 10.7.